The quantitative estimate of drug-likeness (QED) is 0.149. The second-order valence-corrected chi connectivity index (χ2v) is 8.38. The van der Waals surface area contributed by atoms with Crippen molar-refractivity contribution in [1.82, 2.24) is 0 Å². The highest BCUT2D eigenvalue weighted by molar-refractivity contribution is 5.73. The van der Waals surface area contributed by atoms with E-state index in [1.807, 2.05) is 24.3 Å². The number of rotatable bonds is 10. The molecule has 192 valence electrons. The zero-order valence-electron chi connectivity index (χ0n) is 20.5. The SMILES string of the molecule is O=C(CCC(O)=C1C=CC=C1)Oc1ccc(N=Nc2ccc(OC(=O)CCC(O)=C3C=CC=C3)cc2)cc1. The molecule has 2 N–H and O–H groups in total. The van der Waals surface area contributed by atoms with Gasteiger partial charge < -0.3 is 19.7 Å². The number of ether oxygens (including phenoxy) is 2. The normalized spacial score (nSPS) is 13.5. The van der Waals surface area contributed by atoms with Gasteiger partial charge in [-0.3, -0.25) is 9.59 Å². The highest BCUT2D eigenvalue weighted by atomic mass is 16.5. The van der Waals surface area contributed by atoms with Crippen molar-refractivity contribution in [3.05, 3.63) is 120 Å². The van der Waals surface area contributed by atoms with E-state index in [-0.39, 0.29) is 37.2 Å². The molecular formula is C30H26N2O6. The molecule has 0 saturated heterocycles. The van der Waals surface area contributed by atoms with E-state index in [4.69, 9.17) is 9.47 Å². The van der Waals surface area contributed by atoms with E-state index in [1.165, 1.54) is 0 Å². The minimum atomic E-state index is -0.449. The van der Waals surface area contributed by atoms with Gasteiger partial charge >= 0.3 is 11.9 Å². The Morgan fingerprint density at radius 2 is 0.895 bits per heavy atom. The number of azo groups is 1. The molecule has 0 atom stereocenters. The van der Waals surface area contributed by atoms with Gasteiger partial charge in [-0.05, 0) is 48.5 Å². The van der Waals surface area contributed by atoms with Gasteiger partial charge in [0, 0.05) is 24.0 Å². The monoisotopic (exact) mass is 510 g/mol. The summed E-state index contributed by atoms with van der Waals surface area (Å²) < 4.78 is 10.6. The molecule has 0 bridgehead atoms. The van der Waals surface area contributed by atoms with Crippen LogP contribution in [0, 0.1) is 0 Å². The molecule has 0 unspecified atom stereocenters. The van der Waals surface area contributed by atoms with Crippen molar-refractivity contribution in [2.75, 3.05) is 0 Å². The van der Waals surface area contributed by atoms with Gasteiger partial charge in [0.2, 0.25) is 0 Å². The number of benzene rings is 2. The summed E-state index contributed by atoms with van der Waals surface area (Å²) in [6.07, 6.45) is 14.9. The fourth-order valence-corrected chi connectivity index (χ4v) is 3.50. The van der Waals surface area contributed by atoms with Gasteiger partial charge in [-0.1, -0.05) is 48.6 Å². The second kappa shape index (κ2) is 12.8. The molecule has 0 heterocycles. The fraction of sp³-hybridized carbons (Fsp3) is 0.133. The van der Waals surface area contributed by atoms with Gasteiger partial charge in [-0.2, -0.15) is 10.2 Å². The lowest BCUT2D eigenvalue weighted by molar-refractivity contribution is -0.135. The van der Waals surface area contributed by atoms with Crippen LogP contribution in [0.3, 0.4) is 0 Å². The zero-order valence-corrected chi connectivity index (χ0v) is 20.5. The first-order valence-electron chi connectivity index (χ1n) is 12.0. The van der Waals surface area contributed by atoms with Gasteiger partial charge in [0.05, 0.1) is 24.2 Å². The Morgan fingerprint density at radius 3 is 1.24 bits per heavy atom. The third-order valence-electron chi connectivity index (χ3n) is 5.54. The second-order valence-electron chi connectivity index (χ2n) is 8.38. The summed E-state index contributed by atoms with van der Waals surface area (Å²) in [6.45, 7) is 0. The first-order chi connectivity index (χ1) is 18.5. The molecule has 0 aromatic heterocycles. The first-order valence-corrected chi connectivity index (χ1v) is 12.0. The van der Waals surface area contributed by atoms with Crippen molar-refractivity contribution in [2.45, 2.75) is 25.7 Å². The van der Waals surface area contributed by atoms with E-state index in [1.54, 1.807) is 72.8 Å². The number of esters is 2. The third-order valence-corrected chi connectivity index (χ3v) is 5.54. The number of carbonyl (C=O) groups is 2. The van der Waals surface area contributed by atoms with Crippen LogP contribution in [0.15, 0.2) is 130 Å². The zero-order chi connectivity index (χ0) is 26.7. The largest absolute Gasteiger partial charge is 0.512 e. The molecule has 0 saturated carbocycles. The minimum absolute atomic E-state index is 0.0550. The third kappa shape index (κ3) is 7.76. The summed E-state index contributed by atoms with van der Waals surface area (Å²) in [7, 11) is 0. The van der Waals surface area contributed by atoms with E-state index in [0.717, 1.165) is 0 Å². The van der Waals surface area contributed by atoms with Crippen LogP contribution in [-0.4, -0.2) is 22.2 Å². The Kier molecular flexibility index (Phi) is 8.80. The molecular weight excluding hydrogens is 484 g/mol. The molecule has 2 aliphatic carbocycles. The number of allylic oxidation sites excluding steroid dienone is 12. The average molecular weight is 511 g/mol. The molecule has 2 aromatic carbocycles. The molecule has 0 aliphatic heterocycles. The van der Waals surface area contributed by atoms with Crippen LogP contribution in [0.5, 0.6) is 11.5 Å². The Bertz CT molecular complexity index is 1260. The molecule has 8 heteroatoms. The lowest BCUT2D eigenvalue weighted by atomic mass is 10.1. The van der Waals surface area contributed by atoms with Crippen LogP contribution in [-0.2, 0) is 9.59 Å². The summed E-state index contributed by atoms with van der Waals surface area (Å²) in [5.74, 6) is 0.141. The van der Waals surface area contributed by atoms with Gasteiger partial charge in [-0.25, -0.2) is 0 Å². The molecule has 8 nitrogen and oxygen atoms in total. The molecule has 0 spiro atoms. The number of hydrogen-bond acceptors (Lipinski definition) is 8. The molecule has 0 fully saturated rings. The molecule has 0 radical (unpaired) electrons. The molecule has 2 aromatic rings. The highest BCUT2D eigenvalue weighted by Crippen LogP contribution is 2.24. The van der Waals surface area contributed by atoms with Crippen molar-refractivity contribution in [3.8, 4) is 11.5 Å². The number of aliphatic hydroxyl groups is 2. The summed E-state index contributed by atoms with van der Waals surface area (Å²) >= 11 is 0. The van der Waals surface area contributed by atoms with E-state index < -0.39 is 11.9 Å². The predicted octanol–water partition coefficient (Wildman–Crippen LogP) is 7.35. The lowest BCUT2D eigenvalue weighted by Crippen LogP contribution is -2.08. The summed E-state index contributed by atoms with van der Waals surface area (Å²) in [5, 5.41) is 28.3. The maximum atomic E-state index is 12.1. The molecule has 4 rings (SSSR count). The summed E-state index contributed by atoms with van der Waals surface area (Å²) in [6, 6.07) is 13.1. The number of hydrogen-bond donors (Lipinski definition) is 2. The van der Waals surface area contributed by atoms with Gasteiger partial charge in [-0.15, -0.1) is 0 Å². The van der Waals surface area contributed by atoms with Gasteiger partial charge in [0.25, 0.3) is 0 Å². The van der Waals surface area contributed by atoms with Crippen molar-refractivity contribution in [2.24, 2.45) is 10.2 Å². The smallest absolute Gasteiger partial charge is 0.311 e. The highest BCUT2D eigenvalue weighted by Gasteiger charge is 2.10. The lowest BCUT2D eigenvalue weighted by Gasteiger charge is -2.05. The van der Waals surface area contributed by atoms with Crippen LogP contribution >= 0.6 is 0 Å². The van der Waals surface area contributed by atoms with Crippen molar-refractivity contribution >= 4 is 23.3 Å². The number of carbonyl (C=O) groups excluding carboxylic acids is 2. The van der Waals surface area contributed by atoms with Crippen LogP contribution in [0.25, 0.3) is 0 Å². The Labute approximate surface area is 219 Å². The maximum Gasteiger partial charge on any atom is 0.311 e. The minimum Gasteiger partial charge on any atom is -0.512 e. The Balaban J connectivity index is 1.22. The Morgan fingerprint density at radius 1 is 0.553 bits per heavy atom. The van der Waals surface area contributed by atoms with Crippen LogP contribution in [0.1, 0.15) is 25.7 Å². The van der Waals surface area contributed by atoms with Gasteiger partial charge in [0.15, 0.2) is 0 Å². The first kappa shape index (κ1) is 26.1. The molecule has 2 aliphatic rings. The standard InChI is InChI=1S/C30H26N2O6/c33-27(21-5-1-2-6-21)17-19-29(35)37-25-13-9-23(10-14-25)31-32-24-11-15-26(16-12-24)38-30(36)20-18-28(34)22-7-3-4-8-22/h1-16,33-34H,17-20H2. The summed E-state index contributed by atoms with van der Waals surface area (Å²) in [4.78, 5) is 24.1. The topological polar surface area (TPSA) is 118 Å². The van der Waals surface area contributed by atoms with Crippen LogP contribution < -0.4 is 9.47 Å². The Hall–Kier alpha value is -4.98. The van der Waals surface area contributed by atoms with Crippen LogP contribution in [0.4, 0.5) is 11.4 Å². The number of aliphatic hydroxyl groups excluding tert-OH is 2. The van der Waals surface area contributed by atoms with Crippen molar-refractivity contribution in [1.29, 1.82) is 0 Å². The maximum absolute atomic E-state index is 12.1. The fourth-order valence-electron chi connectivity index (χ4n) is 3.50. The summed E-state index contributed by atoms with van der Waals surface area (Å²) in [5.41, 5.74) is 2.51. The van der Waals surface area contributed by atoms with E-state index in [2.05, 4.69) is 10.2 Å². The molecule has 38 heavy (non-hydrogen) atoms. The molecule has 0 amide bonds. The average Bonchev–Trinajstić information content (AvgIpc) is 3.66. The van der Waals surface area contributed by atoms with E-state index in [9.17, 15) is 19.8 Å². The van der Waals surface area contributed by atoms with E-state index in [0.29, 0.717) is 34.0 Å². The van der Waals surface area contributed by atoms with Crippen molar-refractivity contribution in [3.63, 3.8) is 0 Å². The van der Waals surface area contributed by atoms with Gasteiger partial charge in [0.1, 0.15) is 23.0 Å². The van der Waals surface area contributed by atoms with Crippen molar-refractivity contribution < 1.29 is 29.3 Å². The number of nitrogens with zero attached hydrogens (tertiary/aromatic N) is 2. The predicted molar refractivity (Wildman–Crippen MR) is 143 cm³/mol. The van der Waals surface area contributed by atoms with Crippen LogP contribution in [0.2, 0.25) is 0 Å². The van der Waals surface area contributed by atoms with E-state index >= 15 is 0 Å².